The van der Waals surface area contributed by atoms with E-state index >= 15 is 0 Å². The highest BCUT2D eigenvalue weighted by Crippen LogP contribution is 2.32. The van der Waals surface area contributed by atoms with E-state index in [2.05, 4.69) is 27.7 Å². The molecule has 0 bridgehead atoms. The Hall–Kier alpha value is -0.0400. The normalized spacial score (nSPS) is 16.2. The van der Waals surface area contributed by atoms with Crippen LogP contribution in [0, 0.1) is 11.3 Å². The SMILES string of the molecule is CCCC(C)(CN)CC(CC)CC. The second-order valence-electron chi connectivity index (χ2n) is 4.65. The van der Waals surface area contributed by atoms with E-state index in [4.69, 9.17) is 5.73 Å². The molecule has 0 spiro atoms. The van der Waals surface area contributed by atoms with Crippen LogP contribution in [-0.4, -0.2) is 6.54 Å². The third kappa shape index (κ3) is 4.66. The van der Waals surface area contributed by atoms with Gasteiger partial charge < -0.3 is 5.73 Å². The highest BCUT2D eigenvalue weighted by atomic mass is 14.6. The molecule has 13 heavy (non-hydrogen) atoms. The Balaban J connectivity index is 4.07. The van der Waals surface area contributed by atoms with Crippen LogP contribution < -0.4 is 5.73 Å². The molecule has 1 nitrogen and oxygen atoms in total. The predicted octanol–water partition coefficient (Wildman–Crippen LogP) is 3.58. The summed E-state index contributed by atoms with van der Waals surface area (Å²) >= 11 is 0. The molecule has 0 aromatic carbocycles. The van der Waals surface area contributed by atoms with Crippen LogP contribution in [-0.2, 0) is 0 Å². The van der Waals surface area contributed by atoms with Crippen LogP contribution in [0.4, 0.5) is 0 Å². The molecule has 0 amide bonds. The van der Waals surface area contributed by atoms with E-state index in [9.17, 15) is 0 Å². The summed E-state index contributed by atoms with van der Waals surface area (Å²) in [6.45, 7) is 10.0. The van der Waals surface area contributed by atoms with Gasteiger partial charge in [-0.2, -0.15) is 0 Å². The third-order valence-corrected chi connectivity index (χ3v) is 3.28. The summed E-state index contributed by atoms with van der Waals surface area (Å²) < 4.78 is 0. The Bertz CT molecular complexity index is 118. The molecule has 1 atom stereocenters. The van der Waals surface area contributed by atoms with Gasteiger partial charge in [0.1, 0.15) is 0 Å². The molecule has 0 saturated carbocycles. The second-order valence-corrected chi connectivity index (χ2v) is 4.65. The largest absolute Gasteiger partial charge is 0.330 e. The Kier molecular flexibility index (Phi) is 6.40. The van der Waals surface area contributed by atoms with Crippen molar-refractivity contribution in [1.29, 1.82) is 0 Å². The molecule has 0 saturated heterocycles. The average Bonchev–Trinajstić information content (AvgIpc) is 2.15. The zero-order chi connectivity index (χ0) is 10.3. The zero-order valence-electron chi connectivity index (χ0n) is 9.90. The van der Waals surface area contributed by atoms with Crippen LogP contribution in [0.3, 0.4) is 0 Å². The lowest BCUT2D eigenvalue weighted by molar-refractivity contribution is 0.220. The van der Waals surface area contributed by atoms with Gasteiger partial charge in [0.2, 0.25) is 0 Å². The van der Waals surface area contributed by atoms with Gasteiger partial charge in [0, 0.05) is 0 Å². The molecule has 1 heteroatoms. The molecule has 0 aliphatic carbocycles. The van der Waals surface area contributed by atoms with Crippen LogP contribution in [0.2, 0.25) is 0 Å². The second kappa shape index (κ2) is 6.42. The summed E-state index contributed by atoms with van der Waals surface area (Å²) in [6.07, 6.45) is 6.45. The minimum absolute atomic E-state index is 0.394. The van der Waals surface area contributed by atoms with Crippen molar-refractivity contribution in [2.45, 2.75) is 59.8 Å². The zero-order valence-corrected chi connectivity index (χ0v) is 9.90. The fourth-order valence-electron chi connectivity index (χ4n) is 2.17. The van der Waals surface area contributed by atoms with Crippen molar-refractivity contribution in [2.24, 2.45) is 17.1 Å². The molecular weight excluding hydrogens is 158 g/mol. The monoisotopic (exact) mass is 185 g/mol. The number of nitrogens with two attached hydrogens (primary N) is 1. The molecule has 80 valence electrons. The number of rotatable bonds is 7. The lowest BCUT2D eigenvalue weighted by Gasteiger charge is -2.31. The van der Waals surface area contributed by atoms with E-state index in [1.54, 1.807) is 0 Å². The van der Waals surface area contributed by atoms with Crippen LogP contribution in [0.25, 0.3) is 0 Å². The molecule has 0 aromatic heterocycles. The number of hydrogen-bond acceptors (Lipinski definition) is 1. The van der Waals surface area contributed by atoms with E-state index in [-0.39, 0.29) is 0 Å². The fraction of sp³-hybridized carbons (Fsp3) is 1.00. The quantitative estimate of drug-likeness (QED) is 0.644. The molecule has 0 heterocycles. The van der Waals surface area contributed by atoms with Gasteiger partial charge in [0.15, 0.2) is 0 Å². The summed E-state index contributed by atoms with van der Waals surface area (Å²) in [5.41, 5.74) is 6.25. The van der Waals surface area contributed by atoms with Gasteiger partial charge in [-0.25, -0.2) is 0 Å². The van der Waals surface area contributed by atoms with Gasteiger partial charge >= 0.3 is 0 Å². The van der Waals surface area contributed by atoms with E-state index < -0.39 is 0 Å². The smallest absolute Gasteiger partial charge is 0.00231 e. The maximum absolute atomic E-state index is 5.85. The van der Waals surface area contributed by atoms with Crippen molar-refractivity contribution in [1.82, 2.24) is 0 Å². The van der Waals surface area contributed by atoms with Crippen molar-refractivity contribution in [2.75, 3.05) is 6.54 Å². The highest BCUT2D eigenvalue weighted by molar-refractivity contribution is 4.77. The molecule has 0 rings (SSSR count). The van der Waals surface area contributed by atoms with Gasteiger partial charge in [-0.05, 0) is 30.7 Å². The molecule has 0 aliphatic heterocycles. The first-order valence-electron chi connectivity index (χ1n) is 5.81. The topological polar surface area (TPSA) is 26.0 Å². The van der Waals surface area contributed by atoms with Crippen molar-refractivity contribution in [3.63, 3.8) is 0 Å². The maximum Gasteiger partial charge on any atom is -0.00231 e. The van der Waals surface area contributed by atoms with Crippen LogP contribution in [0.5, 0.6) is 0 Å². The Labute approximate surface area is 84.1 Å². The summed E-state index contributed by atoms with van der Waals surface area (Å²) in [5.74, 6) is 0.875. The lowest BCUT2D eigenvalue weighted by atomic mass is 9.76. The molecular formula is C12H27N. The van der Waals surface area contributed by atoms with Crippen molar-refractivity contribution in [3.8, 4) is 0 Å². The molecule has 2 N–H and O–H groups in total. The lowest BCUT2D eigenvalue weighted by Crippen LogP contribution is -2.29. The molecule has 0 fully saturated rings. The predicted molar refractivity (Wildman–Crippen MR) is 60.8 cm³/mol. The standard InChI is InChI=1S/C12H27N/c1-5-8-12(4,10-13)9-11(6-2)7-3/h11H,5-10,13H2,1-4H3. The Morgan fingerprint density at radius 1 is 1.15 bits per heavy atom. The van der Waals surface area contributed by atoms with Gasteiger partial charge in [-0.3, -0.25) is 0 Å². The summed E-state index contributed by atoms with van der Waals surface area (Å²) in [7, 11) is 0. The van der Waals surface area contributed by atoms with Crippen LogP contribution in [0.15, 0.2) is 0 Å². The first-order chi connectivity index (χ1) is 6.11. The average molecular weight is 185 g/mol. The Morgan fingerprint density at radius 2 is 1.69 bits per heavy atom. The first-order valence-corrected chi connectivity index (χ1v) is 5.81. The first kappa shape index (κ1) is 13.0. The van der Waals surface area contributed by atoms with E-state index in [0.29, 0.717) is 5.41 Å². The van der Waals surface area contributed by atoms with Crippen molar-refractivity contribution < 1.29 is 0 Å². The maximum atomic E-state index is 5.85. The summed E-state index contributed by atoms with van der Waals surface area (Å²) in [6, 6.07) is 0. The van der Waals surface area contributed by atoms with Crippen molar-refractivity contribution >= 4 is 0 Å². The van der Waals surface area contributed by atoms with E-state index in [1.807, 2.05) is 0 Å². The van der Waals surface area contributed by atoms with Gasteiger partial charge in [-0.15, -0.1) is 0 Å². The van der Waals surface area contributed by atoms with Gasteiger partial charge in [0.25, 0.3) is 0 Å². The van der Waals surface area contributed by atoms with Crippen LogP contribution in [0.1, 0.15) is 59.8 Å². The van der Waals surface area contributed by atoms with E-state index in [0.717, 1.165) is 12.5 Å². The number of hydrogen-bond donors (Lipinski definition) is 1. The third-order valence-electron chi connectivity index (χ3n) is 3.28. The van der Waals surface area contributed by atoms with Gasteiger partial charge in [-0.1, -0.05) is 47.0 Å². The molecule has 0 aromatic rings. The van der Waals surface area contributed by atoms with E-state index in [1.165, 1.54) is 32.1 Å². The van der Waals surface area contributed by atoms with Crippen molar-refractivity contribution in [3.05, 3.63) is 0 Å². The minimum Gasteiger partial charge on any atom is -0.330 e. The molecule has 1 unspecified atom stereocenters. The summed E-state index contributed by atoms with van der Waals surface area (Å²) in [4.78, 5) is 0. The fourth-order valence-corrected chi connectivity index (χ4v) is 2.17. The minimum atomic E-state index is 0.394. The molecule has 0 aliphatic rings. The molecule has 0 radical (unpaired) electrons. The highest BCUT2D eigenvalue weighted by Gasteiger charge is 2.24. The van der Waals surface area contributed by atoms with Gasteiger partial charge in [0.05, 0.1) is 0 Å². The summed E-state index contributed by atoms with van der Waals surface area (Å²) in [5, 5.41) is 0. The Morgan fingerprint density at radius 3 is 2.00 bits per heavy atom. The van der Waals surface area contributed by atoms with Crippen LogP contribution >= 0.6 is 0 Å².